The number of rotatable bonds is 7. The molecule has 5 rings (SSSR count). The fourth-order valence-corrected chi connectivity index (χ4v) is 5.93. The van der Waals surface area contributed by atoms with Gasteiger partial charge in [0.15, 0.2) is 5.65 Å². The highest BCUT2D eigenvalue weighted by Crippen LogP contribution is 2.34. The van der Waals surface area contributed by atoms with Gasteiger partial charge in [0.05, 0.1) is 22.3 Å². The first kappa shape index (κ1) is 30.5. The average molecular weight is 632 g/mol. The number of amides is 1. The lowest BCUT2D eigenvalue weighted by Crippen LogP contribution is -2.39. The summed E-state index contributed by atoms with van der Waals surface area (Å²) in [5.74, 6) is 0.348. The Hall–Kier alpha value is -2.99. The molecule has 222 valence electrons. The molecule has 1 amide bonds. The van der Waals surface area contributed by atoms with Gasteiger partial charge >= 0.3 is 0 Å². The third-order valence-corrected chi connectivity index (χ3v) is 7.81. The van der Waals surface area contributed by atoms with Crippen LogP contribution in [-0.4, -0.2) is 76.4 Å². The number of hydrogen-bond acceptors (Lipinski definition) is 7. The highest BCUT2D eigenvalue weighted by molar-refractivity contribution is 6.40. The van der Waals surface area contributed by atoms with Crippen molar-refractivity contribution in [3.8, 4) is 5.69 Å². The fraction of sp³-hybridized carbons (Fsp3) is 0.379. The molecule has 4 aromatic rings. The minimum Gasteiger partial charge on any atom is -0.325 e. The van der Waals surface area contributed by atoms with Crippen LogP contribution in [0.4, 0.5) is 5.69 Å². The topological polar surface area (TPSA) is 120 Å². The molecule has 1 aliphatic heterocycles. The normalized spacial score (nSPS) is 15.0. The van der Waals surface area contributed by atoms with Crippen molar-refractivity contribution in [1.82, 2.24) is 35.3 Å². The number of carbonyl (C=O) groups excluding carboxylic acids is 1. The lowest BCUT2D eigenvalue weighted by Gasteiger charge is -2.20. The predicted molar refractivity (Wildman–Crippen MR) is 169 cm³/mol. The van der Waals surface area contributed by atoms with E-state index in [9.17, 15) is 9.59 Å². The van der Waals surface area contributed by atoms with Crippen LogP contribution in [0, 0.1) is 0 Å². The van der Waals surface area contributed by atoms with Gasteiger partial charge in [-0.15, -0.1) is 0 Å². The number of anilines is 1. The van der Waals surface area contributed by atoms with Gasteiger partial charge in [0, 0.05) is 56.4 Å². The van der Waals surface area contributed by atoms with Gasteiger partial charge in [-0.05, 0) is 35.7 Å². The highest BCUT2D eigenvalue weighted by Gasteiger charge is 2.23. The first-order chi connectivity index (χ1) is 20.2. The summed E-state index contributed by atoms with van der Waals surface area (Å²) in [4.78, 5) is 35.8. The minimum absolute atomic E-state index is 0.0446. The summed E-state index contributed by atoms with van der Waals surface area (Å²) in [6.45, 7) is 9.43. The molecule has 0 atom stereocenters. The molecule has 0 spiro atoms. The largest absolute Gasteiger partial charge is 0.325 e. The van der Waals surface area contributed by atoms with E-state index in [4.69, 9.17) is 39.8 Å². The molecule has 2 aromatic heterocycles. The van der Waals surface area contributed by atoms with Gasteiger partial charge in [0.2, 0.25) is 5.91 Å². The summed E-state index contributed by atoms with van der Waals surface area (Å²) in [6, 6.07) is 10.6. The second-order valence-corrected chi connectivity index (χ2v) is 11.8. The van der Waals surface area contributed by atoms with E-state index in [2.05, 4.69) is 30.9 Å². The van der Waals surface area contributed by atoms with Crippen LogP contribution in [0.5, 0.6) is 0 Å². The fourth-order valence-electron chi connectivity index (χ4n) is 4.95. The Balaban J connectivity index is 1.35. The van der Waals surface area contributed by atoms with E-state index in [1.54, 1.807) is 12.1 Å². The van der Waals surface area contributed by atoms with Crippen LogP contribution < -0.4 is 21.5 Å². The molecule has 0 radical (unpaired) electrons. The Morgan fingerprint density at radius 1 is 1.00 bits per heavy atom. The molecular formula is C29H33Cl3N8O2. The number of nitrogens with zero attached hydrogens (tertiary/aromatic N) is 4. The van der Waals surface area contributed by atoms with Crippen molar-refractivity contribution in [3.63, 3.8) is 0 Å². The molecule has 13 heteroatoms. The van der Waals surface area contributed by atoms with E-state index >= 15 is 0 Å². The van der Waals surface area contributed by atoms with Crippen molar-refractivity contribution < 1.29 is 4.79 Å². The Labute approximate surface area is 258 Å². The first-order valence-corrected chi connectivity index (χ1v) is 15.0. The summed E-state index contributed by atoms with van der Waals surface area (Å²) in [7, 11) is 0. The lowest BCUT2D eigenvalue weighted by molar-refractivity contribution is -0.117. The summed E-state index contributed by atoms with van der Waals surface area (Å²) in [5.41, 5.74) is 2.67. The molecule has 42 heavy (non-hydrogen) atoms. The van der Waals surface area contributed by atoms with Crippen molar-refractivity contribution in [2.75, 3.05) is 51.1 Å². The van der Waals surface area contributed by atoms with Crippen LogP contribution in [0.15, 0.2) is 41.2 Å². The SMILES string of the molecule is CC(C)c1nn(-c2c(Cl)cc(Cl)cc2Cl)c2nc(Cc3ccc(NC(=O)CN4CCNCCNCC4)cc3)[nH]c(=O)c12. The zero-order valence-corrected chi connectivity index (χ0v) is 25.7. The molecule has 3 heterocycles. The number of aromatic nitrogens is 4. The maximum absolute atomic E-state index is 13.3. The number of fused-ring (bicyclic) bond motifs is 1. The second-order valence-electron chi connectivity index (χ2n) is 10.6. The second kappa shape index (κ2) is 13.5. The molecule has 1 saturated heterocycles. The smallest absolute Gasteiger partial charge is 0.262 e. The summed E-state index contributed by atoms with van der Waals surface area (Å²) in [5, 5.41) is 15.7. The van der Waals surface area contributed by atoms with E-state index in [0.29, 0.717) is 62.0 Å². The van der Waals surface area contributed by atoms with Gasteiger partial charge in [-0.3, -0.25) is 14.5 Å². The first-order valence-electron chi connectivity index (χ1n) is 13.9. The van der Waals surface area contributed by atoms with Gasteiger partial charge in [-0.2, -0.15) is 5.10 Å². The van der Waals surface area contributed by atoms with Gasteiger partial charge < -0.3 is 20.9 Å². The summed E-state index contributed by atoms with van der Waals surface area (Å²) in [6.07, 6.45) is 0.359. The molecule has 0 aliphatic carbocycles. The van der Waals surface area contributed by atoms with Crippen LogP contribution in [0.25, 0.3) is 16.7 Å². The quantitative estimate of drug-likeness (QED) is 0.241. The average Bonchev–Trinajstić information content (AvgIpc) is 3.35. The van der Waals surface area contributed by atoms with E-state index in [-0.39, 0.29) is 17.4 Å². The van der Waals surface area contributed by atoms with E-state index in [1.165, 1.54) is 4.68 Å². The molecule has 2 aromatic carbocycles. The number of benzene rings is 2. The van der Waals surface area contributed by atoms with Gasteiger partial charge in [0.25, 0.3) is 5.56 Å². The van der Waals surface area contributed by atoms with Gasteiger partial charge in [0.1, 0.15) is 16.9 Å². The monoisotopic (exact) mass is 630 g/mol. The number of H-pyrrole nitrogens is 1. The molecule has 1 aliphatic rings. The van der Waals surface area contributed by atoms with E-state index < -0.39 is 0 Å². The van der Waals surface area contributed by atoms with Gasteiger partial charge in [-0.1, -0.05) is 60.8 Å². The molecule has 1 fully saturated rings. The summed E-state index contributed by atoms with van der Waals surface area (Å²) >= 11 is 19.1. The molecular weight excluding hydrogens is 599 g/mol. The molecule has 4 N–H and O–H groups in total. The molecule has 0 unspecified atom stereocenters. The van der Waals surface area contributed by atoms with E-state index in [0.717, 1.165) is 44.8 Å². The van der Waals surface area contributed by atoms with Crippen molar-refractivity contribution in [1.29, 1.82) is 0 Å². The predicted octanol–water partition coefficient (Wildman–Crippen LogP) is 4.22. The molecule has 10 nitrogen and oxygen atoms in total. The van der Waals surface area contributed by atoms with Crippen LogP contribution in [0.1, 0.15) is 36.8 Å². The number of nitrogens with one attached hydrogen (secondary N) is 4. The lowest BCUT2D eigenvalue weighted by atomic mass is 10.1. The Morgan fingerprint density at radius 2 is 1.64 bits per heavy atom. The van der Waals surface area contributed by atoms with Crippen LogP contribution >= 0.6 is 34.8 Å². The van der Waals surface area contributed by atoms with Gasteiger partial charge in [-0.25, -0.2) is 9.67 Å². The third-order valence-electron chi connectivity index (χ3n) is 7.02. The number of hydrogen-bond donors (Lipinski definition) is 4. The number of carbonyl (C=O) groups is 1. The third kappa shape index (κ3) is 7.14. The highest BCUT2D eigenvalue weighted by atomic mass is 35.5. The maximum atomic E-state index is 13.3. The Kier molecular flexibility index (Phi) is 9.82. The number of halogens is 3. The maximum Gasteiger partial charge on any atom is 0.262 e. The minimum atomic E-state index is -0.291. The van der Waals surface area contributed by atoms with Crippen LogP contribution in [0.2, 0.25) is 15.1 Å². The zero-order chi connectivity index (χ0) is 29.8. The van der Waals surface area contributed by atoms with Crippen LogP contribution in [-0.2, 0) is 11.2 Å². The molecule has 0 saturated carbocycles. The Morgan fingerprint density at radius 3 is 2.26 bits per heavy atom. The zero-order valence-electron chi connectivity index (χ0n) is 23.4. The number of aromatic amines is 1. The van der Waals surface area contributed by atoms with Crippen molar-refractivity contribution in [2.24, 2.45) is 0 Å². The van der Waals surface area contributed by atoms with Crippen LogP contribution in [0.3, 0.4) is 0 Å². The van der Waals surface area contributed by atoms with Crippen molar-refractivity contribution in [3.05, 3.63) is 78.9 Å². The molecule has 0 bridgehead atoms. The van der Waals surface area contributed by atoms with E-state index in [1.807, 2.05) is 38.1 Å². The van der Waals surface area contributed by atoms with Crippen molar-refractivity contribution in [2.45, 2.75) is 26.2 Å². The summed E-state index contributed by atoms with van der Waals surface area (Å²) < 4.78 is 1.52. The van der Waals surface area contributed by atoms with Crippen molar-refractivity contribution >= 4 is 57.4 Å². The Bertz CT molecular complexity index is 1600. The standard InChI is InChI=1S/C29H33Cl3N8O2/c1-17(2)26-25-28(40(38-26)27-21(31)14-19(30)15-22(27)32)36-23(37-29(25)42)13-18-3-5-20(6-4-18)35-24(41)16-39-11-9-33-7-8-34-10-12-39/h3-6,14-15,17,33-34H,7-13,16H2,1-2H3,(H,35,41)(H,36,37,42).